The molecular formula is C23H15FN2O4S. The number of hydrogen-bond acceptors (Lipinski definition) is 6. The molecule has 0 bridgehead atoms. The van der Waals surface area contributed by atoms with Crippen LogP contribution in [0.2, 0.25) is 0 Å². The summed E-state index contributed by atoms with van der Waals surface area (Å²) in [5.74, 6) is -0.792. The molecule has 1 aliphatic heterocycles. The molecule has 154 valence electrons. The number of nitrogens with zero attached hydrogens (tertiary/aromatic N) is 2. The predicted octanol–water partition coefficient (Wildman–Crippen LogP) is 4.36. The minimum atomic E-state index is -4.20. The van der Waals surface area contributed by atoms with Gasteiger partial charge in [0, 0.05) is 17.5 Å². The van der Waals surface area contributed by atoms with Crippen molar-refractivity contribution in [3.05, 3.63) is 94.8 Å². The molecule has 0 radical (unpaired) electrons. The van der Waals surface area contributed by atoms with Crippen LogP contribution in [0.4, 0.5) is 15.8 Å². The minimum Gasteiger partial charge on any atom is -0.497 e. The van der Waals surface area contributed by atoms with Crippen LogP contribution in [0.15, 0.2) is 82.7 Å². The van der Waals surface area contributed by atoms with Gasteiger partial charge >= 0.3 is 0 Å². The number of anilines is 2. The Morgan fingerprint density at radius 2 is 1.71 bits per heavy atom. The zero-order valence-electron chi connectivity index (χ0n) is 16.2. The summed E-state index contributed by atoms with van der Waals surface area (Å²) in [6.45, 7) is 0. The van der Waals surface area contributed by atoms with Gasteiger partial charge in [-0.15, -0.1) is 0 Å². The maximum Gasteiger partial charge on any atom is 0.214 e. The SMILES string of the molecule is COc1ccc(C(=O)C2=CN(c3ccc(C#N)cc3)c3cc(F)ccc3S2(=O)=O)cc1. The largest absolute Gasteiger partial charge is 0.497 e. The first-order chi connectivity index (χ1) is 14.8. The van der Waals surface area contributed by atoms with Gasteiger partial charge in [0.15, 0.2) is 0 Å². The van der Waals surface area contributed by atoms with Crippen LogP contribution >= 0.6 is 0 Å². The average molecular weight is 434 g/mol. The van der Waals surface area contributed by atoms with E-state index in [1.807, 2.05) is 6.07 Å². The summed E-state index contributed by atoms with van der Waals surface area (Å²) in [5, 5.41) is 9.02. The van der Waals surface area contributed by atoms with E-state index in [9.17, 15) is 17.6 Å². The molecule has 0 atom stereocenters. The Labute approximate surface area is 178 Å². The molecule has 0 unspecified atom stereocenters. The molecule has 0 aliphatic carbocycles. The van der Waals surface area contributed by atoms with Crippen molar-refractivity contribution >= 4 is 27.0 Å². The number of carbonyl (C=O) groups excluding carboxylic acids is 1. The number of halogens is 1. The zero-order valence-corrected chi connectivity index (χ0v) is 17.1. The van der Waals surface area contributed by atoms with E-state index < -0.39 is 26.3 Å². The second-order valence-corrected chi connectivity index (χ2v) is 8.58. The van der Waals surface area contributed by atoms with E-state index in [1.165, 1.54) is 30.3 Å². The Balaban J connectivity index is 1.89. The number of carbonyl (C=O) groups is 1. The predicted molar refractivity (Wildman–Crippen MR) is 112 cm³/mol. The van der Waals surface area contributed by atoms with Gasteiger partial charge in [-0.1, -0.05) is 0 Å². The Bertz CT molecular complexity index is 1360. The van der Waals surface area contributed by atoms with Gasteiger partial charge in [-0.2, -0.15) is 5.26 Å². The van der Waals surface area contributed by atoms with Gasteiger partial charge in [-0.25, -0.2) is 12.8 Å². The Kier molecular flexibility index (Phi) is 5.05. The molecule has 1 aliphatic rings. The number of nitriles is 1. The molecule has 4 rings (SSSR count). The number of Topliss-reactive ketones (excluding diaryl/α,β-unsaturated/α-hetero) is 1. The Morgan fingerprint density at radius 3 is 2.32 bits per heavy atom. The summed E-state index contributed by atoms with van der Waals surface area (Å²) in [4.78, 5) is 13.9. The van der Waals surface area contributed by atoms with Gasteiger partial charge in [0.2, 0.25) is 15.6 Å². The summed E-state index contributed by atoms with van der Waals surface area (Å²) < 4.78 is 45.5. The lowest BCUT2D eigenvalue weighted by Gasteiger charge is -2.29. The third kappa shape index (κ3) is 3.56. The first kappa shape index (κ1) is 20.3. The molecular weight excluding hydrogens is 419 g/mol. The average Bonchev–Trinajstić information content (AvgIpc) is 2.79. The third-order valence-electron chi connectivity index (χ3n) is 4.86. The second kappa shape index (κ2) is 7.70. The van der Waals surface area contributed by atoms with Gasteiger partial charge in [0.05, 0.1) is 29.3 Å². The van der Waals surface area contributed by atoms with Crippen molar-refractivity contribution in [3.63, 3.8) is 0 Å². The smallest absolute Gasteiger partial charge is 0.214 e. The number of hydrogen-bond donors (Lipinski definition) is 0. The van der Waals surface area contributed by atoms with Gasteiger partial charge in [-0.05, 0) is 66.7 Å². The Hall–Kier alpha value is -3.96. The lowest BCUT2D eigenvalue weighted by molar-refractivity contribution is 0.104. The fraction of sp³-hybridized carbons (Fsp3) is 0.0435. The van der Waals surface area contributed by atoms with Gasteiger partial charge in [0.1, 0.15) is 16.5 Å². The van der Waals surface area contributed by atoms with E-state index in [2.05, 4.69) is 0 Å². The lowest BCUT2D eigenvalue weighted by atomic mass is 10.1. The molecule has 1 heterocycles. The lowest BCUT2D eigenvalue weighted by Crippen LogP contribution is -2.26. The van der Waals surface area contributed by atoms with Crippen LogP contribution in [0.5, 0.6) is 5.75 Å². The molecule has 0 amide bonds. The van der Waals surface area contributed by atoms with E-state index in [0.29, 0.717) is 17.0 Å². The fourth-order valence-electron chi connectivity index (χ4n) is 3.26. The third-order valence-corrected chi connectivity index (χ3v) is 6.65. The van der Waals surface area contributed by atoms with E-state index >= 15 is 0 Å². The monoisotopic (exact) mass is 434 g/mol. The van der Waals surface area contributed by atoms with E-state index in [1.54, 1.807) is 36.4 Å². The van der Waals surface area contributed by atoms with Crippen molar-refractivity contribution in [2.45, 2.75) is 4.90 Å². The van der Waals surface area contributed by atoms with Crippen LogP contribution < -0.4 is 9.64 Å². The highest BCUT2D eigenvalue weighted by molar-refractivity contribution is 7.96. The van der Waals surface area contributed by atoms with Crippen LogP contribution in [-0.4, -0.2) is 21.3 Å². The number of ketones is 1. The van der Waals surface area contributed by atoms with E-state index in [4.69, 9.17) is 10.00 Å². The zero-order chi connectivity index (χ0) is 22.2. The van der Waals surface area contributed by atoms with E-state index in [0.717, 1.165) is 18.2 Å². The highest BCUT2D eigenvalue weighted by atomic mass is 32.2. The van der Waals surface area contributed by atoms with Gasteiger partial charge < -0.3 is 9.64 Å². The number of fused-ring (bicyclic) bond motifs is 1. The summed E-state index contributed by atoms with van der Waals surface area (Å²) >= 11 is 0. The number of benzene rings is 3. The molecule has 0 fully saturated rings. The number of rotatable bonds is 4. The van der Waals surface area contributed by atoms with Crippen molar-refractivity contribution in [1.29, 1.82) is 5.26 Å². The molecule has 0 N–H and O–H groups in total. The molecule has 0 aromatic heterocycles. The number of sulfone groups is 1. The standard InChI is InChI=1S/C23H15FN2O4S/c1-30-19-9-4-16(5-10-19)23(27)22-14-26(18-7-2-15(13-25)3-8-18)20-12-17(24)6-11-21(20)31(22,28)29/h2-12,14H,1H3. The fourth-order valence-corrected chi connectivity index (χ4v) is 4.78. The van der Waals surface area contributed by atoms with Crippen LogP contribution in [0.1, 0.15) is 15.9 Å². The quantitative estimate of drug-likeness (QED) is 0.448. The number of allylic oxidation sites excluding steroid dienone is 1. The highest BCUT2D eigenvalue weighted by Crippen LogP contribution is 2.40. The van der Waals surface area contributed by atoms with Crippen molar-refractivity contribution in [1.82, 2.24) is 0 Å². The Morgan fingerprint density at radius 1 is 1.03 bits per heavy atom. The van der Waals surface area contributed by atoms with Gasteiger partial charge in [0.25, 0.3) is 0 Å². The topological polar surface area (TPSA) is 87.5 Å². The summed E-state index contributed by atoms with van der Waals surface area (Å²) in [7, 11) is -2.71. The summed E-state index contributed by atoms with van der Waals surface area (Å²) in [5.41, 5.74) is 1.13. The molecule has 0 saturated carbocycles. The molecule has 0 spiro atoms. The first-order valence-corrected chi connectivity index (χ1v) is 10.6. The number of ether oxygens (including phenoxy) is 1. The van der Waals surface area contributed by atoms with Crippen LogP contribution in [0.25, 0.3) is 0 Å². The maximum absolute atomic E-state index is 14.0. The molecule has 8 heteroatoms. The maximum atomic E-state index is 14.0. The van der Waals surface area contributed by atoms with Crippen molar-refractivity contribution in [2.75, 3.05) is 12.0 Å². The normalized spacial score (nSPS) is 14.2. The molecule has 3 aromatic carbocycles. The molecule has 31 heavy (non-hydrogen) atoms. The van der Waals surface area contributed by atoms with Crippen LogP contribution in [0, 0.1) is 17.1 Å². The second-order valence-electron chi connectivity index (χ2n) is 6.70. The number of methoxy groups -OCH3 is 1. The van der Waals surface area contributed by atoms with E-state index in [-0.39, 0.29) is 16.1 Å². The minimum absolute atomic E-state index is 0.0796. The first-order valence-electron chi connectivity index (χ1n) is 9.10. The molecule has 3 aromatic rings. The molecule has 0 saturated heterocycles. The van der Waals surface area contributed by atoms with Crippen LogP contribution in [0.3, 0.4) is 0 Å². The summed E-state index contributed by atoms with van der Waals surface area (Å²) in [6, 6.07) is 17.6. The van der Waals surface area contributed by atoms with Crippen molar-refractivity contribution < 1.29 is 22.3 Å². The highest BCUT2D eigenvalue weighted by Gasteiger charge is 2.36. The van der Waals surface area contributed by atoms with Crippen molar-refractivity contribution in [2.24, 2.45) is 0 Å². The van der Waals surface area contributed by atoms with Crippen molar-refractivity contribution in [3.8, 4) is 11.8 Å². The summed E-state index contributed by atoms with van der Waals surface area (Å²) in [6.07, 6.45) is 1.19. The van der Waals surface area contributed by atoms with Gasteiger partial charge in [-0.3, -0.25) is 4.79 Å². The molecule has 6 nitrogen and oxygen atoms in total. The van der Waals surface area contributed by atoms with Crippen LogP contribution in [-0.2, 0) is 9.84 Å².